The van der Waals surface area contributed by atoms with Gasteiger partial charge in [0.15, 0.2) is 5.65 Å². The SMILES string of the molecule is C=CCN1CCC[C@@H](c2ccc3cn[nH]c3n2)C1. The predicted octanol–water partition coefficient (Wildman–Crippen LogP) is 2.32. The fraction of sp³-hybridized carbons (Fsp3) is 0.429. The highest BCUT2D eigenvalue weighted by atomic mass is 15.1. The van der Waals surface area contributed by atoms with Crippen LogP contribution in [-0.4, -0.2) is 39.7 Å². The van der Waals surface area contributed by atoms with Crippen molar-refractivity contribution in [3.05, 3.63) is 36.7 Å². The van der Waals surface area contributed by atoms with E-state index in [4.69, 9.17) is 0 Å². The lowest BCUT2D eigenvalue weighted by Crippen LogP contribution is -2.34. The molecule has 0 unspecified atom stereocenters. The molecule has 0 bridgehead atoms. The van der Waals surface area contributed by atoms with Crippen molar-refractivity contribution in [2.24, 2.45) is 0 Å². The van der Waals surface area contributed by atoms with Crippen LogP contribution >= 0.6 is 0 Å². The van der Waals surface area contributed by atoms with Crippen LogP contribution in [0.2, 0.25) is 0 Å². The third kappa shape index (κ3) is 2.16. The van der Waals surface area contributed by atoms with Crippen LogP contribution in [0.3, 0.4) is 0 Å². The molecular formula is C14H18N4. The molecule has 0 amide bonds. The van der Waals surface area contributed by atoms with Crippen molar-refractivity contribution < 1.29 is 0 Å². The first kappa shape index (κ1) is 11.4. The van der Waals surface area contributed by atoms with Gasteiger partial charge in [0.1, 0.15) is 0 Å². The van der Waals surface area contributed by atoms with Gasteiger partial charge in [-0.2, -0.15) is 5.10 Å². The summed E-state index contributed by atoms with van der Waals surface area (Å²) in [5, 5.41) is 8.05. The number of pyridine rings is 1. The molecule has 2 aromatic heterocycles. The van der Waals surface area contributed by atoms with Gasteiger partial charge in [-0.15, -0.1) is 6.58 Å². The molecule has 0 radical (unpaired) electrons. The second kappa shape index (κ2) is 4.90. The Morgan fingerprint density at radius 3 is 3.33 bits per heavy atom. The van der Waals surface area contributed by atoms with E-state index < -0.39 is 0 Å². The molecule has 3 rings (SSSR count). The number of hydrogen-bond donors (Lipinski definition) is 1. The lowest BCUT2D eigenvalue weighted by molar-refractivity contribution is 0.226. The Morgan fingerprint density at radius 2 is 2.44 bits per heavy atom. The second-order valence-electron chi connectivity index (χ2n) is 4.93. The molecule has 0 spiro atoms. The van der Waals surface area contributed by atoms with Gasteiger partial charge in [0.05, 0.1) is 6.20 Å². The minimum Gasteiger partial charge on any atom is -0.299 e. The minimum absolute atomic E-state index is 0.534. The molecule has 0 saturated carbocycles. The molecule has 1 aliphatic rings. The van der Waals surface area contributed by atoms with E-state index in [0.717, 1.165) is 24.1 Å². The summed E-state index contributed by atoms with van der Waals surface area (Å²) in [7, 11) is 0. The van der Waals surface area contributed by atoms with Gasteiger partial charge in [-0.05, 0) is 31.5 Å². The number of H-pyrrole nitrogens is 1. The van der Waals surface area contributed by atoms with Crippen molar-refractivity contribution in [1.82, 2.24) is 20.1 Å². The number of likely N-dealkylation sites (tertiary alicyclic amines) is 1. The monoisotopic (exact) mass is 242 g/mol. The second-order valence-corrected chi connectivity index (χ2v) is 4.93. The molecule has 1 atom stereocenters. The molecule has 1 N–H and O–H groups in total. The Labute approximate surface area is 107 Å². The largest absolute Gasteiger partial charge is 0.299 e. The fourth-order valence-corrected chi connectivity index (χ4v) is 2.71. The zero-order chi connectivity index (χ0) is 12.4. The Hall–Kier alpha value is -1.68. The molecule has 18 heavy (non-hydrogen) atoms. The van der Waals surface area contributed by atoms with Crippen molar-refractivity contribution in [3.63, 3.8) is 0 Å². The standard InChI is InChI=1S/C14H18N4/c1-2-7-18-8-3-4-12(10-18)13-6-5-11-9-15-17-14(11)16-13/h2,5-6,9,12H,1,3-4,7-8,10H2,(H,15,16,17)/t12-/m1/s1. The molecule has 2 aromatic rings. The molecule has 0 aromatic carbocycles. The topological polar surface area (TPSA) is 44.8 Å². The van der Waals surface area contributed by atoms with E-state index in [2.05, 4.69) is 38.8 Å². The average Bonchev–Trinajstić information content (AvgIpc) is 2.86. The van der Waals surface area contributed by atoms with Crippen molar-refractivity contribution >= 4 is 11.0 Å². The molecular weight excluding hydrogens is 224 g/mol. The van der Waals surface area contributed by atoms with E-state index in [-0.39, 0.29) is 0 Å². The van der Waals surface area contributed by atoms with E-state index in [1.165, 1.54) is 25.1 Å². The molecule has 4 heteroatoms. The van der Waals surface area contributed by atoms with Crippen molar-refractivity contribution in [2.75, 3.05) is 19.6 Å². The van der Waals surface area contributed by atoms with E-state index in [1.807, 2.05) is 12.3 Å². The summed E-state index contributed by atoms with van der Waals surface area (Å²) in [4.78, 5) is 7.13. The summed E-state index contributed by atoms with van der Waals surface area (Å²) in [6.45, 7) is 7.05. The first-order valence-electron chi connectivity index (χ1n) is 6.50. The van der Waals surface area contributed by atoms with Gasteiger partial charge in [-0.25, -0.2) is 4.98 Å². The summed E-state index contributed by atoms with van der Waals surface area (Å²) in [5.41, 5.74) is 2.08. The number of nitrogens with zero attached hydrogens (tertiary/aromatic N) is 3. The van der Waals surface area contributed by atoms with Crippen molar-refractivity contribution in [2.45, 2.75) is 18.8 Å². The van der Waals surface area contributed by atoms with Gasteiger partial charge in [0, 0.05) is 30.1 Å². The Bertz CT molecular complexity index is 545. The highest BCUT2D eigenvalue weighted by Crippen LogP contribution is 2.26. The molecule has 0 aliphatic carbocycles. The average molecular weight is 242 g/mol. The Morgan fingerprint density at radius 1 is 1.50 bits per heavy atom. The van der Waals surface area contributed by atoms with Crippen LogP contribution in [0.15, 0.2) is 31.0 Å². The van der Waals surface area contributed by atoms with E-state index in [1.54, 1.807) is 0 Å². The number of fused-ring (bicyclic) bond motifs is 1. The lowest BCUT2D eigenvalue weighted by atomic mass is 9.94. The maximum Gasteiger partial charge on any atom is 0.155 e. The number of piperidine rings is 1. The highest BCUT2D eigenvalue weighted by molar-refractivity contribution is 5.73. The maximum atomic E-state index is 4.68. The first-order chi connectivity index (χ1) is 8.86. The molecule has 4 nitrogen and oxygen atoms in total. The lowest BCUT2D eigenvalue weighted by Gasteiger charge is -2.31. The smallest absolute Gasteiger partial charge is 0.155 e. The van der Waals surface area contributed by atoms with Crippen LogP contribution in [0.1, 0.15) is 24.5 Å². The van der Waals surface area contributed by atoms with Gasteiger partial charge >= 0.3 is 0 Å². The van der Waals surface area contributed by atoms with Crippen molar-refractivity contribution in [1.29, 1.82) is 0 Å². The van der Waals surface area contributed by atoms with Gasteiger partial charge in [0.25, 0.3) is 0 Å². The quantitative estimate of drug-likeness (QED) is 0.840. The first-order valence-corrected chi connectivity index (χ1v) is 6.50. The van der Waals surface area contributed by atoms with Crippen molar-refractivity contribution in [3.8, 4) is 0 Å². The summed E-state index contributed by atoms with van der Waals surface area (Å²) in [6, 6.07) is 4.24. The van der Waals surface area contributed by atoms with Crippen LogP contribution in [-0.2, 0) is 0 Å². The number of aromatic nitrogens is 3. The van der Waals surface area contributed by atoms with Gasteiger partial charge in [0.2, 0.25) is 0 Å². The number of nitrogens with one attached hydrogen (secondary N) is 1. The predicted molar refractivity (Wildman–Crippen MR) is 72.5 cm³/mol. The summed E-state index contributed by atoms with van der Waals surface area (Å²) < 4.78 is 0. The van der Waals surface area contributed by atoms with Gasteiger partial charge < -0.3 is 0 Å². The van der Waals surface area contributed by atoms with E-state index in [0.29, 0.717) is 5.92 Å². The third-order valence-corrected chi connectivity index (χ3v) is 3.63. The molecule has 1 fully saturated rings. The fourth-order valence-electron chi connectivity index (χ4n) is 2.71. The van der Waals surface area contributed by atoms with Crippen LogP contribution in [0, 0.1) is 0 Å². The third-order valence-electron chi connectivity index (χ3n) is 3.63. The van der Waals surface area contributed by atoms with Crippen LogP contribution in [0.25, 0.3) is 11.0 Å². The summed E-state index contributed by atoms with van der Waals surface area (Å²) >= 11 is 0. The zero-order valence-electron chi connectivity index (χ0n) is 10.5. The molecule has 94 valence electrons. The number of hydrogen-bond acceptors (Lipinski definition) is 3. The Balaban J connectivity index is 1.82. The zero-order valence-corrected chi connectivity index (χ0v) is 10.5. The van der Waals surface area contributed by atoms with Gasteiger partial charge in [-0.1, -0.05) is 6.08 Å². The highest BCUT2D eigenvalue weighted by Gasteiger charge is 2.21. The van der Waals surface area contributed by atoms with Crippen LogP contribution in [0.4, 0.5) is 0 Å². The molecule has 1 saturated heterocycles. The summed E-state index contributed by atoms with van der Waals surface area (Å²) in [6.07, 6.45) is 6.26. The van der Waals surface area contributed by atoms with Gasteiger partial charge in [-0.3, -0.25) is 10.00 Å². The minimum atomic E-state index is 0.534. The Kier molecular flexibility index (Phi) is 3.11. The maximum absolute atomic E-state index is 4.68. The van der Waals surface area contributed by atoms with E-state index in [9.17, 15) is 0 Å². The molecule has 3 heterocycles. The van der Waals surface area contributed by atoms with E-state index >= 15 is 0 Å². The molecule has 1 aliphatic heterocycles. The number of aromatic amines is 1. The van der Waals surface area contributed by atoms with Crippen LogP contribution in [0.5, 0.6) is 0 Å². The van der Waals surface area contributed by atoms with Crippen LogP contribution < -0.4 is 0 Å². The number of rotatable bonds is 3. The normalized spacial score (nSPS) is 21.2. The summed E-state index contributed by atoms with van der Waals surface area (Å²) in [5.74, 6) is 0.534.